The maximum atomic E-state index is 12.9. The molecule has 96 valence electrons. The molecule has 1 saturated carbocycles. The molecule has 1 aromatic heterocycles. The summed E-state index contributed by atoms with van der Waals surface area (Å²) in [7, 11) is 0. The molecule has 17 heavy (non-hydrogen) atoms. The van der Waals surface area contributed by atoms with Crippen LogP contribution < -0.4 is 0 Å². The van der Waals surface area contributed by atoms with Crippen molar-refractivity contribution < 1.29 is 18.4 Å². The Morgan fingerprint density at radius 3 is 2.53 bits per heavy atom. The summed E-state index contributed by atoms with van der Waals surface area (Å²) in [4.78, 5) is 3.63. The number of hydrogen-bond acceptors (Lipinski definition) is 4. The molecule has 1 aliphatic carbocycles. The normalized spacial score (nSPS) is 20.5. The minimum atomic E-state index is -3.10. The van der Waals surface area contributed by atoms with E-state index in [1.165, 1.54) is 0 Å². The molecule has 1 aliphatic rings. The van der Waals surface area contributed by atoms with Crippen LogP contribution in [0.4, 0.5) is 8.78 Å². The summed E-state index contributed by atoms with van der Waals surface area (Å²) < 4.78 is 30.5. The molecular weight excluding hydrogens is 230 g/mol. The van der Waals surface area contributed by atoms with Crippen molar-refractivity contribution in [2.45, 2.75) is 57.0 Å². The molecule has 2 rings (SSSR count). The van der Waals surface area contributed by atoms with Crippen LogP contribution in [0.2, 0.25) is 0 Å². The molecule has 0 unspecified atom stereocenters. The third-order valence-electron chi connectivity index (χ3n) is 3.13. The Hall–Kier alpha value is -1.04. The number of alkyl halides is 2. The highest BCUT2D eigenvalue weighted by atomic mass is 19.3. The Morgan fingerprint density at radius 1 is 1.35 bits per heavy atom. The molecule has 0 spiro atoms. The quantitative estimate of drug-likeness (QED) is 0.889. The van der Waals surface area contributed by atoms with E-state index in [1.807, 2.05) is 0 Å². The maximum Gasteiger partial charge on any atom is 0.307 e. The number of nitrogens with zero attached hydrogens (tertiary/aromatic N) is 2. The van der Waals surface area contributed by atoms with Gasteiger partial charge in [-0.2, -0.15) is 13.8 Å². The van der Waals surface area contributed by atoms with Gasteiger partial charge in [0.1, 0.15) is 0 Å². The average molecular weight is 246 g/mol. The molecule has 0 saturated heterocycles. The zero-order valence-corrected chi connectivity index (χ0v) is 9.75. The third-order valence-corrected chi connectivity index (χ3v) is 3.13. The highest BCUT2D eigenvalue weighted by Gasteiger charge is 2.35. The van der Waals surface area contributed by atoms with Gasteiger partial charge >= 0.3 is 5.92 Å². The van der Waals surface area contributed by atoms with Crippen molar-refractivity contribution in [2.24, 2.45) is 0 Å². The first-order chi connectivity index (χ1) is 7.89. The molecular formula is C11H16F2N2O2. The van der Waals surface area contributed by atoms with Crippen molar-refractivity contribution in [1.82, 2.24) is 10.1 Å². The van der Waals surface area contributed by atoms with Crippen LogP contribution in [0.1, 0.15) is 50.7 Å². The highest BCUT2D eigenvalue weighted by molar-refractivity contribution is 4.98. The van der Waals surface area contributed by atoms with Crippen LogP contribution in [-0.2, 0) is 12.3 Å². The van der Waals surface area contributed by atoms with E-state index in [0.717, 1.165) is 26.2 Å². The van der Waals surface area contributed by atoms with Crippen LogP contribution in [0, 0.1) is 0 Å². The molecule has 0 aromatic carbocycles. The lowest BCUT2D eigenvalue weighted by Crippen LogP contribution is -2.33. The number of hydrogen-bond donors (Lipinski definition) is 1. The van der Waals surface area contributed by atoms with Crippen molar-refractivity contribution in [2.75, 3.05) is 0 Å². The van der Waals surface area contributed by atoms with Gasteiger partial charge in [-0.25, -0.2) is 0 Å². The second kappa shape index (κ2) is 4.33. The lowest BCUT2D eigenvalue weighted by atomic mass is 9.82. The summed E-state index contributed by atoms with van der Waals surface area (Å²) in [5.74, 6) is -3.63. The first kappa shape index (κ1) is 12.4. The van der Waals surface area contributed by atoms with E-state index < -0.39 is 17.3 Å². The van der Waals surface area contributed by atoms with Crippen molar-refractivity contribution in [3.63, 3.8) is 0 Å². The second-order valence-corrected chi connectivity index (χ2v) is 4.86. The molecule has 0 aliphatic heterocycles. The third kappa shape index (κ3) is 3.00. The van der Waals surface area contributed by atoms with Gasteiger partial charge in [0.25, 0.3) is 0 Å². The van der Waals surface area contributed by atoms with Crippen LogP contribution in [0.25, 0.3) is 0 Å². The minimum Gasteiger partial charge on any atom is -0.389 e. The van der Waals surface area contributed by atoms with E-state index in [-0.39, 0.29) is 12.3 Å². The Labute approximate surface area is 98.0 Å². The molecule has 1 fully saturated rings. The Bertz CT molecular complexity index is 381. The van der Waals surface area contributed by atoms with Crippen molar-refractivity contribution in [1.29, 1.82) is 0 Å². The topological polar surface area (TPSA) is 59.2 Å². The lowest BCUT2D eigenvalue weighted by molar-refractivity contribution is -0.00182. The standard InChI is InChI=1S/C11H16F2N2O2/c1-10(12,13)9-14-8(17-15-9)7-11(16)5-3-2-4-6-11/h16H,2-7H2,1H3. The number of halogens is 2. The van der Waals surface area contributed by atoms with Crippen LogP contribution in [0.15, 0.2) is 4.52 Å². The summed E-state index contributed by atoms with van der Waals surface area (Å²) in [5, 5.41) is 13.5. The van der Waals surface area contributed by atoms with E-state index >= 15 is 0 Å². The van der Waals surface area contributed by atoms with E-state index in [9.17, 15) is 13.9 Å². The molecule has 0 radical (unpaired) electrons. The van der Waals surface area contributed by atoms with Crippen LogP contribution >= 0.6 is 0 Å². The van der Waals surface area contributed by atoms with Gasteiger partial charge in [-0.15, -0.1) is 0 Å². The van der Waals surface area contributed by atoms with Crippen LogP contribution in [0.5, 0.6) is 0 Å². The molecule has 0 atom stereocenters. The lowest BCUT2D eigenvalue weighted by Gasteiger charge is -2.30. The van der Waals surface area contributed by atoms with Gasteiger partial charge in [0.05, 0.1) is 12.0 Å². The average Bonchev–Trinajstić information content (AvgIpc) is 2.66. The first-order valence-corrected chi connectivity index (χ1v) is 5.82. The van der Waals surface area contributed by atoms with Crippen LogP contribution in [-0.4, -0.2) is 20.8 Å². The summed E-state index contributed by atoms with van der Waals surface area (Å²) in [6.45, 7) is 0.719. The van der Waals surface area contributed by atoms with Gasteiger partial charge in [-0.3, -0.25) is 0 Å². The summed E-state index contributed by atoms with van der Waals surface area (Å²) in [5.41, 5.74) is -0.870. The fourth-order valence-electron chi connectivity index (χ4n) is 2.17. The fourth-order valence-corrected chi connectivity index (χ4v) is 2.17. The monoisotopic (exact) mass is 246 g/mol. The van der Waals surface area contributed by atoms with Gasteiger partial charge < -0.3 is 9.63 Å². The Kier molecular flexibility index (Phi) is 3.16. The molecule has 1 aromatic rings. The van der Waals surface area contributed by atoms with E-state index in [0.29, 0.717) is 12.8 Å². The largest absolute Gasteiger partial charge is 0.389 e. The molecule has 4 nitrogen and oxygen atoms in total. The van der Waals surface area contributed by atoms with Gasteiger partial charge in [0, 0.05) is 6.92 Å². The minimum absolute atomic E-state index is 0.0888. The highest BCUT2D eigenvalue weighted by Crippen LogP contribution is 2.31. The van der Waals surface area contributed by atoms with Gasteiger partial charge in [-0.1, -0.05) is 24.4 Å². The van der Waals surface area contributed by atoms with Gasteiger partial charge in [0.15, 0.2) is 0 Å². The molecule has 1 heterocycles. The predicted octanol–water partition coefficient (Wildman–Crippen LogP) is 2.42. The molecule has 1 N–H and O–H groups in total. The number of aromatic nitrogens is 2. The van der Waals surface area contributed by atoms with Crippen molar-refractivity contribution in [3.8, 4) is 0 Å². The summed E-state index contributed by atoms with van der Waals surface area (Å²) in [6, 6.07) is 0. The van der Waals surface area contributed by atoms with E-state index in [1.54, 1.807) is 0 Å². The molecule has 0 amide bonds. The zero-order valence-electron chi connectivity index (χ0n) is 9.75. The Morgan fingerprint density at radius 2 is 2.00 bits per heavy atom. The number of rotatable bonds is 3. The number of aliphatic hydroxyl groups is 1. The van der Waals surface area contributed by atoms with Crippen molar-refractivity contribution in [3.05, 3.63) is 11.7 Å². The smallest absolute Gasteiger partial charge is 0.307 e. The SMILES string of the molecule is CC(F)(F)c1noc(CC2(O)CCCCC2)n1. The van der Waals surface area contributed by atoms with Gasteiger partial charge in [0.2, 0.25) is 11.7 Å². The molecule has 0 bridgehead atoms. The van der Waals surface area contributed by atoms with Gasteiger partial charge in [-0.05, 0) is 12.8 Å². The van der Waals surface area contributed by atoms with Crippen LogP contribution in [0.3, 0.4) is 0 Å². The predicted molar refractivity (Wildman–Crippen MR) is 55.6 cm³/mol. The zero-order chi connectivity index (χ0) is 12.5. The second-order valence-electron chi connectivity index (χ2n) is 4.86. The van der Waals surface area contributed by atoms with E-state index in [4.69, 9.17) is 4.52 Å². The van der Waals surface area contributed by atoms with E-state index in [2.05, 4.69) is 10.1 Å². The Balaban J connectivity index is 2.06. The van der Waals surface area contributed by atoms with Crippen molar-refractivity contribution >= 4 is 0 Å². The maximum absolute atomic E-state index is 12.9. The molecule has 6 heteroatoms. The fraction of sp³-hybridized carbons (Fsp3) is 0.818. The first-order valence-electron chi connectivity index (χ1n) is 5.82. The summed E-state index contributed by atoms with van der Waals surface area (Å²) in [6.07, 6.45) is 4.48. The summed E-state index contributed by atoms with van der Waals surface area (Å²) >= 11 is 0.